The van der Waals surface area contributed by atoms with Crippen LogP contribution in [-0.2, 0) is 6.54 Å². The number of anilines is 1. The topological polar surface area (TPSA) is 29.3 Å². The Bertz CT molecular complexity index is 644. The van der Waals surface area contributed by atoms with E-state index >= 15 is 0 Å². The highest BCUT2D eigenvalue weighted by atomic mass is 35.5. The van der Waals surface area contributed by atoms with Crippen LogP contribution in [0.25, 0.3) is 0 Å². The number of hydrogen-bond donors (Lipinski definition) is 1. The fraction of sp³-hybridized carbons (Fsp3) is 0.133. The molecular weight excluding hydrogens is 311 g/mol. The second-order valence-corrected chi connectivity index (χ2v) is 5.80. The summed E-state index contributed by atoms with van der Waals surface area (Å²) < 4.78 is 0. The normalized spacial score (nSPS) is 10.3. The molecule has 0 saturated heterocycles. The van der Waals surface area contributed by atoms with E-state index in [1.165, 1.54) is 0 Å². The van der Waals surface area contributed by atoms with Gasteiger partial charge in [0.2, 0.25) is 0 Å². The van der Waals surface area contributed by atoms with Crippen molar-refractivity contribution in [2.75, 3.05) is 11.9 Å². The van der Waals surface area contributed by atoms with Crippen LogP contribution in [0.1, 0.15) is 11.1 Å². The van der Waals surface area contributed by atoms with Gasteiger partial charge in [-0.25, -0.2) is 0 Å². The first-order chi connectivity index (χ1) is 9.47. The quantitative estimate of drug-likeness (QED) is 0.852. The molecule has 0 radical (unpaired) electrons. The van der Waals surface area contributed by atoms with Crippen LogP contribution in [0.15, 0.2) is 42.5 Å². The minimum absolute atomic E-state index is 0.343. The van der Waals surface area contributed by atoms with Gasteiger partial charge in [-0.15, -0.1) is 0 Å². The summed E-state index contributed by atoms with van der Waals surface area (Å²) in [5.74, 6) is 0. The van der Waals surface area contributed by atoms with Crippen molar-refractivity contribution in [1.82, 2.24) is 0 Å². The lowest BCUT2D eigenvalue weighted by Gasteiger charge is -2.21. The number of benzene rings is 2. The van der Waals surface area contributed by atoms with E-state index in [0.717, 1.165) is 21.8 Å². The molecule has 0 unspecified atom stereocenters. The zero-order valence-corrected chi connectivity index (χ0v) is 13.3. The minimum Gasteiger partial charge on any atom is -0.389 e. The maximum absolute atomic E-state index is 6.28. The molecule has 0 aliphatic carbocycles. The monoisotopic (exact) mass is 324 g/mol. The Labute approximate surface area is 134 Å². The van der Waals surface area contributed by atoms with Gasteiger partial charge < -0.3 is 10.6 Å². The number of nitrogens with zero attached hydrogens (tertiary/aromatic N) is 1. The van der Waals surface area contributed by atoms with Gasteiger partial charge in [0.1, 0.15) is 4.99 Å². The lowest BCUT2D eigenvalue weighted by atomic mass is 10.1. The average Bonchev–Trinajstić information content (AvgIpc) is 2.38. The maximum atomic E-state index is 6.28. The summed E-state index contributed by atoms with van der Waals surface area (Å²) in [5, 5.41) is 1.35. The molecule has 0 aromatic heterocycles. The number of hydrogen-bond acceptors (Lipinski definition) is 2. The zero-order chi connectivity index (χ0) is 14.7. The Morgan fingerprint density at radius 3 is 2.55 bits per heavy atom. The van der Waals surface area contributed by atoms with Gasteiger partial charge in [-0.2, -0.15) is 0 Å². The maximum Gasteiger partial charge on any atom is 0.104 e. The summed E-state index contributed by atoms with van der Waals surface area (Å²) in [5.41, 5.74) is 8.40. The molecule has 2 aromatic rings. The van der Waals surface area contributed by atoms with Crippen LogP contribution in [0.2, 0.25) is 10.0 Å². The molecule has 2 nitrogen and oxygen atoms in total. The third kappa shape index (κ3) is 3.63. The van der Waals surface area contributed by atoms with Gasteiger partial charge >= 0.3 is 0 Å². The molecule has 0 fully saturated rings. The Kier molecular flexibility index (Phi) is 4.86. The predicted octanol–water partition coefficient (Wildman–Crippen LogP) is 4.26. The molecule has 0 atom stereocenters. The molecule has 2 rings (SSSR count). The molecule has 20 heavy (non-hydrogen) atoms. The summed E-state index contributed by atoms with van der Waals surface area (Å²) in [6, 6.07) is 13.3. The van der Waals surface area contributed by atoms with E-state index in [4.69, 9.17) is 41.2 Å². The minimum atomic E-state index is 0.343. The Morgan fingerprint density at radius 1 is 1.20 bits per heavy atom. The van der Waals surface area contributed by atoms with Gasteiger partial charge in [-0.05, 0) is 35.9 Å². The van der Waals surface area contributed by atoms with Crippen LogP contribution < -0.4 is 10.6 Å². The van der Waals surface area contributed by atoms with Crippen molar-refractivity contribution >= 4 is 46.1 Å². The van der Waals surface area contributed by atoms with Crippen LogP contribution in [0.5, 0.6) is 0 Å². The van der Waals surface area contributed by atoms with Crippen LogP contribution >= 0.6 is 35.4 Å². The van der Waals surface area contributed by atoms with Crippen molar-refractivity contribution in [2.45, 2.75) is 6.54 Å². The lowest BCUT2D eigenvalue weighted by Crippen LogP contribution is -2.17. The van der Waals surface area contributed by atoms with Gasteiger partial charge in [0.15, 0.2) is 0 Å². The van der Waals surface area contributed by atoms with E-state index in [1.807, 2.05) is 43.4 Å². The highest BCUT2D eigenvalue weighted by Crippen LogP contribution is 2.27. The largest absolute Gasteiger partial charge is 0.389 e. The highest BCUT2D eigenvalue weighted by Gasteiger charge is 2.09. The van der Waals surface area contributed by atoms with E-state index in [0.29, 0.717) is 16.6 Å². The highest BCUT2D eigenvalue weighted by molar-refractivity contribution is 7.80. The summed E-state index contributed by atoms with van der Waals surface area (Å²) in [4.78, 5) is 2.40. The van der Waals surface area contributed by atoms with Gasteiger partial charge in [0, 0.05) is 24.2 Å². The number of rotatable bonds is 4. The zero-order valence-electron chi connectivity index (χ0n) is 10.9. The Balaban J connectivity index is 2.21. The van der Waals surface area contributed by atoms with Crippen molar-refractivity contribution in [2.24, 2.45) is 5.73 Å². The second kappa shape index (κ2) is 6.44. The Hall–Kier alpha value is -1.29. The fourth-order valence-electron chi connectivity index (χ4n) is 1.96. The van der Waals surface area contributed by atoms with Crippen LogP contribution in [0, 0.1) is 0 Å². The molecule has 5 heteroatoms. The summed E-state index contributed by atoms with van der Waals surface area (Å²) in [6.45, 7) is 0.715. The summed E-state index contributed by atoms with van der Waals surface area (Å²) >= 11 is 17.2. The molecular formula is C15H14Cl2N2S. The van der Waals surface area contributed by atoms with Gasteiger partial charge in [-0.1, -0.05) is 47.6 Å². The molecule has 0 saturated carbocycles. The van der Waals surface area contributed by atoms with Crippen LogP contribution in [0.3, 0.4) is 0 Å². The van der Waals surface area contributed by atoms with Crippen molar-refractivity contribution in [3.63, 3.8) is 0 Å². The van der Waals surface area contributed by atoms with Crippen molar-refractivity contribution in [3.05, 3.63) is 63.6 Å². The van der Waals surface area contributed by atoms with Crippen LogP contribution in [-0.4, -0.2) is 12.0 Å². The van der Waals surface area contributed by atoms with Gasteiger partial charge in [0.05, 0.1) is 10.7 Å². The molecule has 0 spiro atoms. The Morgan fingerprint density at radius 2 is 1.95 bits per heavy atom. The average molecular weight is 325 g/mol. The number of thiocarbonyl (C=S) groups is 1. The SMILES string of the molecule is CN(Cc1cccc(Cl)c1)c1ccc(C(N)=S)cc1Cl. The molecule has 2 N–H and O–H groups in total. The van der Waals surface area contributed by atoms with Crippen molar-refractivity contribution in [3.8, 4) is 0 Å². The van der Waals surface area contributed by atoms with Gasteiger partial charge in [0.25, 0.3) is 0 Å². The molecule has 0 bridgehead atoms. The van der Waals surface area contributed by atoms with E-state index in [1.54, 1.807) is 6.07 Å². The van der Waals surface area contributed by atoms with Crippen LogP contribution in [0.4, 0.5) is 5.69 Å². The standard InChI is InChI=1S/C15H14Cl2N2S/c1-19(9-10-3-2-4-12(16)7-10)14-6-5-11(15(18)20)8-13(14)17/h2-8H,9H2,1H3,(H2,18,20). The summed E-state index contributed by atoms with van der Waals surface area (Å²) in [6.07, 6.45) is 0. The molecule has 0 aliphatic rings. The number of halogens is 2. The van der Waals surface area contributed by atoms with E-state index in [9.17, 15) is 0 Å². The fourth-order valence-corrected chi connectivity index (χ4v) is 2.63. The van der Waals surface area contributed by atoms with Crippen molar-refractivity contribution in [1.29, 1.82) is 0 Å². The molecule has 0 heterocycles. The first-order valence-corrected chi connectivity index (χ1v) is 7.18. The summed E-state index contributed by atoms with van der Waals surface area (Å²) in [7, 11) is 1.97. The van der Waals surface area contributed by atoms with E-state index in [2.05, 4.69) is 4.90 Å². The molecule has 104 valence electrons. The third-order valence-electron chi connectivity index (χ3n) is 2.95. The molecule has 0 aliphatic heterocycles. The first kappa shape index (κ1) is 15.1. The van der Waals surface area contributed by atoms with E-state index in [-0.39, 0.29) is 0 Å². The predicted molar refractivity (Wildman–Crippen MR) is 90.9 cm³/mol. The van der Waals surface area contributed by atoms with Crippen molar-refractivity contribution < 1.29 is 0 Å². The lowest BCUT2D eigenvalue weighted by molar-refractivity contribution is 0.923. The first-order valence-electron chi connectivity index (χ1n) is 6.02. The molecule has 2 aromatic carbocycles. The third-order valence-corrected chi connectivity index (χ3v) is 3.73. The van der Waals surface area contributed by atoms with E-state index < -0.39 is 0 Å². The van der Waals surface area contributed by atoms with Gasteiger partial charge in [-0.3, -0.25) is 0 Å². The second-order valence-electron chi connectivity index (χ2n) is 4.52. The smallest absolute Gasteiger partial charge is 0.104 e. The molecule has 0 amide bonds. The number of nitrogens with two attached hydrogens (primary N) is 1.